The molecule has 4 heterocycles. The van der Waals surface area contributed by atoms with Crippen LogP contribution in [0.4, 0.5) is 5.82 Å². The number of rotatable bonds is 3. The Labute approximate surface area is 151 Å². The van der Waals surface area contributed by atoms with Crippen LogP contribution in [0.15, 0.2) is 37.1 Å². The van der Waals surface area contributed by atoms with Crippen molar-refractivity contribution in [3.05, 3.63) is 48.3 Å². The molecular formula is C18H21N7O. The minimum atomic E-state index is -0.0871. The number of hydrogen-bond donors (Lipinski definition) is 0. The second kappa shape index (κ2) is 6.70. The predicted molar refractivity (Wildman–Crippen MR) is 97.2 cm³/mol. The largest absolute Gasteiger partial charge is 0.356 e. The topological polar surface area (TPSA) is 79.5 Å². The first-order chi connectivity index (χ1) is 12.6. The van der Waals surface area contributed by atoms with E-state index in [0.717, 1.165) is 37.4 Å². The second-order valence-electron chi connectivity index (χ2n) is 6.72. The molecule has 4 rings (SSSR count). The molecule has 1 fully saturated rings. The zero-order valence-corrected chi connectivity index (χ0v) is 14.9. The second-order valence-corrected chi connectivity index (χ2v) is 6.72. The van der Waals surface area contributed by atoms with E-state index in [1.165, 1.54) is 0 Å². The van der Waals surface area contributed by atoms with Gasteiger partial charge in [0.15, 0.2) is 5.65 Å². The van der Waals surface area contributed by atoms with Crippen LogP contribution in [-0.4, -0.2) is 62.6 Å². The first kappa shape index (κ1) is 16.4. The van der Waals surface area contributed by atoms with Crippen molar-refractivity contribution in [3.63, 3.8) is 0 Å². The third-order valence-corrected chi connectivity index (χ3v) is 4.80. The maximum atomic E-state index is 12.4. The first-order valence-electron chi connectivity index (χ1n) is 8.70. The van der Waals surface area contributed by atoms with Gasteiger partial charge in [0, 0.05) is 45.5 Å². The standard InChI is InChI=1S/C18H21N7O/c1-23(2)18(26)14-10-22-25-15(5-8-20-17(14)25)13-4-3-9-24(11-13)16-6-7-19-12-21-16/h5-8,10,12-13H,3-4,9,11H2,1-2H3. The van der Waals surface area contributed by atoms with Gasteiger partial charge in [-0.1, -0.05) is 0 Å². The van der Waals surface area contributed by atoms with Gasteiger partial charge in [-0.15, -0.1) is 0 Å². The number of nitrogens with zero attached hydrogens (tertiary/aromatic N) is 7. The molecular weight excluding hydrogens is 330 g/mol. The average molecular weight is 351 g/mol. The van der Waals surface area contributed by atoms with E-state index in [1.807, 2.05) is 16.6 Å². The van der Waals surface area contributed by atoms with Gasteiger partial charge in [0.2, 0.25) is 0 Å². The predicted octanol–water partition coefficient (Wildman–Crippen LogP) is 1.61. The first-order valence-corrected chi connectivity index (χ1v) is 8.70. The highest BCUT2D eigenvalue weighted by Crippen LogP contribution is 2.29. The quantitative estimate of drug-likeness (QED) is 0.713. The number of anilines is 1. The fourth-order valence-electron chi connectivity index (χ4n) is 3.51. The van der Waals surface area contributed by atoms with Crippen LogP contribution in [0, 0.1) is 0 Å². The highest BCUT2D eigenvalue weighted by Gasteiger charge is 2.26. The van der Waals surface area contributed by atoms with Crippen molar-refractivity contribution in [1.82, 2.24) is 29.5 Å². The van der Waals surface area contributed by atoms with Crippen LogP contribution in [0.2, 0.25) is 0 Å². The van der Waals surface area contributed by atoms with Crippen molar-refractivity contribution in [2.45, 2.75) is 18.8 Å². The molecule has 8 nitrogen and oxygen atoms in total. The summed E-state index contributed by atoms with van der Waals surface area (Å²) in [5.74, 6) is 1.15. The molecule has 0 saturated carbocycles. The van der Waals surface area contributed by atoms with Gasteiger partial charge < -0.3 is 9.80 Å². The molecule has 134 valence electrons. The van der Waals surface area contributed by atoms with E-state index in [2.05, 4.69) is 25.0 Å². The lowest BCUT2D eigenvalue weighted by Gasteiger charge is -2.33. The minimum Gasteiger partial charge on any atom is -0.356 e. The van der Waals surface area contributed by atoms with Crippen molar-refractivity contribution in [3.8, 4) is 0 Å². The van der Waals surface area contributed by atoms with Gasteiger partial charge in [0.25, 0.3) is 5.91 Å². The Bertz CT molecular complexity index is 922. The SMILES string of the molecule is CN(C)C(=O)c1cnn2c(C3CCCN(c4ccncn4)C3)ccnc12. The molecule has 0 radical (unpaired) electrons. The van der Waals surface area contributed by atoms with Gasteiger partial charge in [-0.2, -0.15) is 5.10 Å². The maximum Gasteiger partial charge on any atom is 0.258 e. The lowest BCUT2D eigenvalue weighted by Crippen LogP contribution is -2.35. The zero-order chi connectivity index (χ0) is 18.1. The van der Waals surface area contributed by atoms with Crippen molar-refractivity contribution in [1.29, 1.82) is 0 Å². The van der Waals surface area contributed by atoms with E-state index in [0.29, 0.717) is 17.1 Å². The van der Waals surface area contributed by atoms with Crippen LogP contribution in [0.5, 0.6) is 0 Å². The van der Waals surface area contributed by atoms with Crippen LogP contribution in [0.1, 0.15) is 34.8 Å². The summed E-state index contributed by atoms with van der Waals surface area (Å²) < 4.78 is 1.81. The Morgan fingerprint density at radius 1 is 1.23 bits per heavy atom. The van der Waals surface area contributed by atoms with E-state index >= 15 is 0 Å². The van der Waals surface area contributed by atoms with Gasteiger partial charge in [-0.25, -0.2) is 19.5 Å². The Hall–Kier alpha value is -3.03. The molecule has 0 aliphatic carbocycles. The van der Waals surface area contributed by atoms with Crippen LogP contribution >= 0.6 is 0 Å². The van der Waals surface area contributed by atoms with Crippen molar-refractivity contribution in [2.24, 2.45) is 0 Å². The van der Waals surface area contributed by atoms with Gasteiger partial charge in [0.05, 0.1) is 11.9 Å². The third-order valence-electron chi connectivity index (χ3n) is 4.80. The third kappa shape index (κ3) is 2.87. The summed E-state index contributed by atoms with van der Waals surface area (Å²) in [6, 6.07) is 3.93. The summed E-state index contributed by atoms with van der Waals surface area (Å²) in [4.78, 5) is 28.9. The molecule has 8 heteroatoms. The number of hydrogen-bond acceptors (Lipinski definition) is 6. The van der Waals surface area contributed by atoms with Gasteiger partial charge in [-0.3, -0.25) is 4.79 Å². The minimum absolute atomic E-state index is 0.0871. The van der Waals surface area contributed by atoms with E-state index < -0.39 is 0 Å². The van der Waals surface area contributed by atoms with Gasteiger partial charge >= 0.3 is 0 Å². The lowest BCUT2D eigenvalue weighted by molar-refractivity contribution is 0.0829. The molecule has 0 spiro atoms. The normalized spacial score (nSPS) is 17.5. The number of aromatic nitrogens is 5. The van der Waals surface area contributed by atoms with Crippen molar-refractivity contribution < 1.29 is 4.79 Å². The van der Waals surface area contributed by atoms with E-state index in [4.69, 9.17) is 0 Å². The maximum absolute atomic E-state index is 12.4. The lowest BCUT2D eigenvalue weighted by atomic mass is 9.94. The molecule has 3 aromatic rings. The van der Waals surface area contributed by atoms with Crippen LogP contribution in [-0.2, 0) is 0 Å². The summed E-state index contributed by atoms with van der Waals surface area (Å²) in [6.07, 6.45) is 8.86. The average Bonchev–Trinajstić information content (AvgIpc) is 3.12. The number of carbonyl (C=O) groups is 1. The molecule has 3 aromatic heterocycles. The highest BCUT2D eigenvalue weighted by molar-refractivity contribution is 5.99. The van der Waals surface area contributed by atoms with Crippen LogP contribution in [0.25, 0.3) is 5.65 Å². The van der Waals surface area contributed by atoms with Gasteiger partial charge in [-0.05, 0) is 25.0 Å². The molecule has 0 N–H and O–H groups in total. The Morgan fingerprint density at radius 2 is 2.12 bits per heavy atom. The summed E-state index contributed by atoms with van der Waals surface area (Å²) in [6.45, 7) is 1.83. The molecule has 0 aromatic carbocycles. The summed E-state index contributed by atoms with van der Waals surface area (Å²) in [5.41, 5.74) is 2.22. The van der Waals surface area contributed by atoms with Crippen LogP contribution in [0.3, 0.4) is 0 Å². The number of fused-ring (bicyclic) bond motifs is 1. The van der Waals surface area contributed by atoms with Gasteiger partial charge in [0.1, 0.15) is 17.7 Å². The molecule has 1 amide bonds. The molecule has 1 unspecified atom stereocenters. The summed E-state index contributed by atoms with van der Waals surface area (Å²) in [5, 5.41) is 4.46. The summed E-state index contributed by atoms with van der Waals surface area (Å²) in [7, 11) is 3.47. The number of carbonyl (C=O) groups excluding carboxylic acids is 1. The molecule has 1 aliphatic rings. The fourth-order valence-corrected chi connectivity index (χ4v) is 3.51. The molecule has 1 aliphatic heterocycles. The molecule has 0 bridgehead atoms. The smallest absolute Gasteiger partial charge is 0.258 e. The Morgan fingerprint density at radius 3 is 2.88 bits per heavy atom. The Kier molecular flexibility index (Phi) is 4.24. The van der Waals surface area contributed by atoms with Crippen molar-refractivity contribution >= 4 is 17.4 Å². The van der Waals surface area contributed by atoms with E-state index in [1.54, 1.807) is 43.9 Å². The summed E-state index contributed by atoms with van der Waals surface area (Å²) >= 11 is 0. The number of piperidine rings is 1. The highest BCUT2D eigenvalue weighted by atomic mass is 16.2. The van der Waals surface area contributed by atoms with E-state index in [9.17, 15) is 4.79 Å². The molecule has 1 atom stereocenters. The zero-order valence-electron chi connectivity index (χ0n) is 14.9. The van der Waals surface area contributed by atoms with Crippen molar-refractivity contribution in [2.75, 3.05) is 32.1 Å². The fraction of sp³-hybridized carbons (Fsp3) is 0.389. The van der Waals surface area contributed by atoms with E-state index in [-0.39, 0.29) is 5.91 Å². The van der Waals surface area contributed by atoms with Crippen LogP contribution < -0.4 is 4.90 Å². The number of amides is 1. The Balaban J connectivity index is 1.67. The monoisotopic (exact) mass is 351 g/mol. The molecule has 26 heavy (non-hydrogen) atoms. The molecule has 1 saturated heterocycles.